The van der Waals surface area contributed by atoms with Crippen molar-refractivity contribution in [2.24, 2.45) is 5.92 Å². The van der Waals surface area contributed by atoms with Gasteiger partial charge in [0.25, 0.3) is 0 Å². The highest BCUT2D eigenvalue weighted by molar-refractivity contribution is 5.25. The molecule has 1 aliphatic carbocycles. The third-order valence-corrected chi connectivity index (χ3v) is 3.84. The van der Waals surface area contributed by atoms with Crippen LogP contribution in [0.3, 0.4) is 0 Å². The molecule has 2 rings (SSSR count). The monoisotopic (exact) mass is 265 g/mol. The van der Waals surface area contributed by atoms with Crippen molar-refractivity contribution in [2.75, 3.05) is 6.61 Å². The molecule has 0 amide bonds. The van der Waals surface area contributed by atoms with Crippen LogP contribution in [0.2, 0.25) is 0 Å². The van der Waals surface area contributed by atoms with Gasteiger partial charge in [0.1, 0.15) is 11.9 Å². The quantitative estimate of drug-likeness (QED) is 0.858. The van der Waals surface area contributed by atoms with Gasteiger partial charge in [-0.3, -0.25) is 4.98 Å². The van der Waals surface area contributed by atoms with E-state index in [0.29, 0.717) is 17.9 Å². The van der Waals surface area contributed by atoms with Crippen LogP contribution in [-0.2, 0) is 0 Å². The summed E-state index contributed by atoms with van der Waals surface area (Å²) in [4.78, 5) is 4.06. The van der Waals surface area contributed by atoms with Crippen molar-refractivity contribution in [3.8, 4) is 5.75 Å². The second-order valence-electron chi connectivity index (χ2n) is 5.22. The van der Waals surface area contributed by atoms with Crippen LogP contribution in [0.25, 0.3) is 0 Å². The molecule has 0 aliphatic heterocycles. The predicted octanol–water partition coefficient (Wildman–Crippen LogP) is 2.45. The van der Waals surface area contributed by atoms with E-state index >= 15 is 0 Å². The molecule has 2 unspecified atom stereocenters. The molecule has 0 spiro atoms. The Bertz CT molecular complexity index is 391. The molecule has 0 saturated heterocycles. The number of hydrogen-bond acceptors (Lipinski definition) is 4. The van der Waals surface area contributed by atoms with Crippen LogP contribution in [0.5, 0.6) is 5.75 Å². The topological polar surface area (TPSA) is 62.6 Å². The Balaban J connectivity index is 2.04. The molecule has 19 heavy (non-hydrogen) atoms. The first-order valence-electron chi connectivity index (χ1n) is 7.16. The Hall–Kier alpha value is -1.13. The third-order valence-electron chi connectivity index (χ3n) is 3.84. The lowest BCUT2D eigenvalue weighted by Gasteiger charge is -2.29. The van der Waals surface area contributed by atoms with Gasteiger partial charge in [-0.25, -0.2) is 0 Å². The minimum atomic E-state index is -0.879. The summed E-state index contributed by atoms with van der Waals surface area (Å²) in [6.45, 7) is 2.46. The summed E-state index contributed by atoms with van der Waals surface area (Å²) >= 11 is 0. The summed E-state index contributed by atoms with van der Waals surface area (Å²) in [5, 5.41) is 20.6. The first-order chi connectivity index (χ1) is 9.22. The number of nitrogens with zero attached hydrogens (tertiary/aromatic N) is 1. The maximum absolute atomic E-state index is 10.3. The van der Waals surface area contributed by atoms with Gasteiger partial charge in [0, 0.05) is 11.8 Å². The molecule has 1 saturated carbocycles. The van der Waals surface area contributed by atoms with Crippen LogP contribution >= 0.6 is 0 Å². The van der Waals surface area contributed by atoms with Crippen LogP contribution in [-0.4, -0.2) is 27.9 Å². The number of aliphatic hydroxyl groups excluding tert-OH is 2. The third kappa shape index (κ3) is 3.67. The smallest absolute Gasteiger partial charge is 0.137 e. The fourth-order valence-corrected chi connectivity index (χ4v) is 2.77. The Morgan fingerprint density at radius 3 is 2.68 bits per heavy atom. The number of rotatable bonds is 5. The predicted molar refractivity (Wildman–Crippen MR) is 72.9 cm³/mol. The van der Waals surface area contributed by atoms with E-state index in [0.717, 1.165) is 25.7 Å². The lowest BCUT2D eigenvalue weighted by Crippen LogP contribution is -2.29. The molecule has 0 radical (unpaired) electrons. The van der Waals surface area contributed by atoms with E-state index in [-0.39, 0.29) is 5.92 Å². The van der Waals surface area contributed by atoms with Crippen molar-refractivity contribution in [3.63, 3.8) is 0 Å². The van der Waals surface area contributed by atoms with Crippen molar-refractivity contribution in [3.05, 3.63) is 24.0 Å². The van der Waals surface area contributed by atoms with Gasteiger partial charge >= 0.3 is 0 Å². The van der Waals surface area contributed by atoms with Gasteiger partial charge in [0.2, 0.25) is 0 Å². The molecule has 2 N–H and O–H groups in total. The highest BCUT2D eigenvalue weighted by Gasteiger charge is 2.28. The summed E-state index contributed by atoms with van der Waals surface area (Å²) in [7, 11) is 0. The van der Waals surface area contributed by atoms with E-state index in [4.69, 9.17) is 4.74 Å². The number of pyridine rings is 1. The van der Waals surface area contributed by atoms with Crippen LogP contribution in [0.1, 0.15) is 50.7 Å². The zero-order valence-electron chi connectivity index (χ0n) is 11.5. The lowest BCUT2D eigenvalue weighted by molar-refractivity contribution is -0.0288. The van der Waals surface area contributed by atoms with Crippen LogP contribution in [0.4, 0.5) is 0 Å². The molecule has 2 atom stereocenters. The largest absolute Gasteiger partial charge is 0.492 e. The maximum Gasteiger partial charge on any atom is 0.137 e. The van der Waals surface area contributed by atoms with Gasteiger partial charge < -0.3 is 14.9 Å². The average Bonchev–Trinajstić information content (AvgIpc) is 2.47. The minimum Gasteiger partial charge on any atom is -0.492 e. The van der Waals surface area contributed by atoms with Gasteiger partial charge in [0.15, 0.2) is 0 Å². The standard InChI is InChI=1S/C15H23NO3/c1-2-19-13-8-12(9-16-10-13)15(18)14(17)11-6-4-3-5-7-11/h8-11,14-15,17-18H,2-7H2,1H3. The zero-order valence-corrected chi connectivity index (χ0v) is 11.5. The zero-order chi connectivity index (χ0) is 13.7. The Morgan fingerprint density at radius 2 is 2.00 bits per heavy atom. The molecule has 1 aliphatic rings. The van der Waals surface area contributed by atoms with E-state index in [1.807, 2.05) is 6.92 Å². The molecule has 0 bridgehead atoms. The molecular formula is C15H23NO3. The Kier molecular flexibility index (Phi) is 5.16. The van der Waals surface area contributed by atoms with E-state index in [1.165, 1.54) is 6.42 Å². The lowest BCUT2D eigenvalue weighted by atomic mass is 9.82. The summed E-state index contributed by atoms with van der Waals surface area (Å²) in [6.07, 6.45) is 7.15. The van der Waals surface area contributed by atoms with Gasteiger partial charge in [0.05, 0.1) is 18.9 Å². The molecule has 0 aromatic carbocycles. The molecule has 1 aromatic rings. The highest BCUT2D eigenvalue weighted by Crippen LogP contribution is 2.32. The van der Waals surface area contributed by atoms with Gasteiger partial charge in [-0.15, -0.1) is 0 Å². The molecule has 1 aromatic heterocycles. The minimum absolute atomic E-state index is 0.194. The van der Waals surface area contributed by atoms with Gasteiger partial charge in [-0.05, 0) is 31.7 Å². The van der Waals surface area contributed by atoms with E-state index < -0.39 is 12.2 Å². The second kappa shape index (κ2) is 6.87. The molecule has 1 heterocycles. The summed E-state index contributed by atoms with van der Waals surface area (Å²) < 4.78 is 5.37. The SMILES string of the molecule is CCOc1cncc(C(O)C(O)C2CCCCC2)c1. The Morgan fingerprint density at radius 1 is 1.26 bits per heavy atom. The molecule has 1 fully saturated rings. The summed E-state index contributed by atoms with van der Waals surface area (Å²) in [5.74, 6) is 0.828. The van der Waals surface area contributed by atoms with Crippen molar-refractivity contribution < 1.29 is 14.9 Å². The van der Waals surface area contributed by atoms with Crippen LogP contribution in [0.15, 0.2) is 18.5 Å². The van der Waals surface area contributed by atoms with Crippen LogP contribution < -0.4 is 4.74 Å². The van der Waals surface area contributed by atoms with E-state index in [9.17, 15) is 10.2 Å². The van der Waals surface area contributed by atoms with Gasteiger partial charge in [-0.1, -0.05) is 19.3 Å². The van der Waals surface area contributed by atoms with Crippen molar-refractivity contribution in [1.29, 1.82) is 0 Å². The summed E-state index contributed by atoms with van der Waals surface area (Å²) in [6, 6.07) is 1.76. The fourth-order valence-electron chi connectivity index (χ4n) is 2.77. The number of hydrogen-bond donors (Lipinski definition) is 2. The molecule has 106 valence electrons. The van der Waals surface area contributed by atoms with Crippen molar-refractivity contribution in [1.82, 2.24) is 4.98 Å². The summed E-state index contributed by atoms with van der Waals surface area (Å²) in [5.41, 5.74) is 0.629. The van der Waals surface area contributed by atoms with Crippen molar-refractivity contribution in [2.45, 2.75) is 51.2 Å². The first-order valence-corrected chi connectivity index (χ1v) is 7.16. The van der Waals surface area contributed by atoms with E-state index in [2.05, 4.69) is 4.98 Å². The Labute approximate surface area is 114 Å². The average molecular weight is 265 g/mol. The first kappa shape index (κ1) is 14.3. The number of aliphatic hydroxyl groups is 2. The fraction of sp³-hybridized carbons (Fsp3) is 0.667. The second-order valence-corrected chi connectivity index (χ2v) is 5.22. The molecule has 4 heteroatoms. The maximum atomic E-state index is 10.3. The van der Waals surface area contributed by atoms with E-state index in [1.54, 1.807) is 18.5 Å². The normalized spacial score (nSPS) is 19.9. The number of aromatic nitrogens is 1. The number of ether oxygens (including phenoxy) is 1. The molecular weight excluding hydrogens is 242 g/mol. The molecule has 4 nitrogen and oxygen atoms in total. The van der Waals surface area contributed by atoms with Gasteiger partial charge in [-0.2, -0.15) is 0 Å². The van der Waals surface area contributed by atoms with Crippen molar-refractivity contribution >= 4 is 0 Å². The highest BCUT2D eigenvalue weighted by atomic mass is 16.5. The van der Waals surface area contributed by atoms with Crippen LogP contribution in [0, 0.1) is 5.92 Å².